The highest BCUT2D eigenvalue weighted by Gasteiger charge is 2.26. The Morgan fingerprint density at radius 2 is 1.91 bits per heavy atom. The molecule has 0 bridgehead atoms. The standard InChI is InChI=1S/C16H13N3O3S/c20-11-18(13-5-7-14(8-6-13)19(21)22)16(23)17-10-9-12-3-1-2-4-15(12)17/h1-8,11H,9-10H2. The number of nitrogens with zero attached hydrogens (tertiary/aromatic N) is 3. The number of amides is 1. The summed E-state index contributed by atoms with van der Waals surface area (Å²) in [7, 11) is 0. The summed E-state index contributed by atoms with van der Waals surface area (Å²) in [6.45, 7) is 0.704. The first-order valence-electron chi connectivity index (χ1n) is 7.00. The first-order chi connectivity index (χ1) is 11.1. The number of hydrogen-bond donors (Lipinski definition) is 0. The van der Waals surface area contributed by atoms with Crippen molar-refractivity contribution in [3.8, 4) is 0 Å². The minimum atomic E-state index is -0.482. The molecule has 1 aliphatic heterocycles. The van der Waals surface area contributed by atoms with Crippen molar-refractivity contribution in [3.05, 3.63) is 64.2 Å². The number of para-hydroxylation sites is 1. The number of nitro groups is 1. The Balaban J connectivity index is 1.88. The van der Waals surface area contributed by atoms with E-state index in [4.69, 9.17) is 12.2 Å². The van der Waals surface area contributed by atoms with Crippen molar-refractivity contribution in [3.63, 3.8) is 0 Å². The van der Waals surface area contributed by atoms with Crippen molar-refractivity contribution < 1.29 is 9.72 Å². The third kappa shape index (κ3) is 2.78. The molecular weight excluding hydrogens is 314 g/mol. The van der Waals surface area contributed by atoms with Gasteiger partial charge in [0.1, 0.15) is 0 Å². The topological polar surface area (TPSA) is 66.7 Å². The second-order valence-corrected chi connectivity index (χ2v) is 5.43. The van der Waals surface area contributed by atoms with Gasteiger partial charge >= 0.3 is 0 Å². The molecule has 0 aromatic heterocycles. The molecule has 3 rings (SSSR count). The minimum absolute atomic E-state index is 0.0305. The highest BCUT2D eigenvalue weighted by atomic mass is 32.1. The molecule has 2 aromatic carbocycles. The summed E-state index contributed by atoms with van der Waals surface area (Å²) < 4.78 is 0. The van der Waals surface area contributed by atoms with E-state index >= 15 is 0 Å². The van der Waals surface area contributed by atoms with Gasteiger partial charge in [-0.1, -0.05) is 18.2 Å². The van der Waals surface area contributed by atoms with Gasteiger partial charge in [-0.25, -0.2) is 0 Å². The Morgan fingerprint density at radius 1 is 1.22 bits per heavy atom. The second kappa shape index (κ2) is 6.13. The second-order valence-electron chi connectivity index (χ2n) is 5.06. The molecule has 0 unspecified atom stereocenters. The van der Waals surface area contributed by atoms with Gasteiger partial charge in [-0.2, -0.15) is 0 Å². The van der Waals surface area contributed by atoms with Gasteiger partial charge in [-0.05, 0) is 42.4 Å². The summed E-state index contributed by atoms with van der Waals surface area (Å²) in [5.41, 5.74) is 2.65. The number of rotatable bonds is 3. The predicted molar refractivity (Wildman–Crippen MR) is 91.7 cm³/mol. The van der Waals surface area contributed by atoms with Crippen LogP contribution in [-0.2, 0) is 11.2 Å². The number of non-ortho nitro benzene ring substituents is 1. The SMILES string of the molecule is O=CN(C(=S)N1CCc2ccccc21)c1ccc([N+](=O)[O-])cc1. The normalized spacial score (nSPS) is 12.6. The zero-order chi connectivity index (χ0) is 16.4. The fourth-order valence-electron chi connectivity index (χ4n) is 2.62. The summed E-state index contributed by atoms with van der Waals surface area (Å²) in [5, 5.41) is 11.1. The molecule has 1 amide bonds. The third-order valence-electron chi connectivity index (χ3n) is 3.77. The molecule has 0 atom stereocenters. The van der Waals surface area contributed by atoms with Crippen LogP contribution in [0.1, 0.15) is 5.56 Å². The Hall–Kier alpha value is -2.80. The van der Waals surface area contributed by atoms with Crippen LogP contribution in [0.3, 0.4) is 0 Å². The van der Waals surface area contributed by atoms with Crippen molar-refractivity contribution in [2.75, 3.05) is 16.3 Å². The number of fused-ring (bicyclic) bond motifs is 1. The van der Waals surface area contributed by atoms with E-state index in [0.717, 1.165) is 12.1 Å². The van der Waals surface area contributed by atoms with Gasteiger partial charge in [0.05, 0.1) is 10.6 Å². The summed E-state index contributed by atoms with van der Waals surface area (Å²) in [5.74, 6) is 0. The van der Waals surface area contributed by atoms with Gasteiger partial charge in [0, 0.05) is 24.4 Å². The molecule has 0 fully saturated rings. The molecular formula is C16H13N3O3S. The average Bonchev–Trinajstić information content (AvgIpc) is 3.00. The van der Waals surface area contributed by atoms with E-state index in [1.165, 1.54) is 34.7 Å². The van der Waals surface area contributed by atoms with Gasteiger partial charge < -0.3 is 4.90 Å². The smallest absolute Gasteiger partial charge is 0.269 e. The Kier molecular flexibility index (Phi) is 4.03. The molecule has 0 spiro atoms. The van der Waals surface area contributed by atoms with Crippen molar-refractivity contribution in [1.82, 2.24) is 0 Å². The van der Waals surface area contributed by atoms with Crippen LogP contribution in [0.4, 0.5) is 17.1 Å². The lowest BCUT2D eigenvalue weighted by molar-refractivity contribution is -0.384. The molecule has 0 saturated heterocycles. The summed E-state index contributed by atoms with van der Waals surface area (Å²) in [6.07, 6.45) is 1.49. The van der Waals surface area contributed by atoms with E-state index < -0.39 is 4.92 Å². The molecule has 116 valence electrons. The Labute approximate surface area is 138 Å². The van der Waals surface area contributed by atoms with Crippen LogP contribution in [0.2, 0.25) is 0 Å². The number of hydrogen-bond acceptors (Lipinski definition) is 4. The molecule has 1 heterocycles. The maximum absolute atomic E-state index is 11.5. The number of anilines is 2. The number of carbonyl (C=O) groups excluding carboxylic acids is 1. The monoisotopic (exact) mass is 327 g/mol. The molecule has 0 radical (unpaired) electrons. The summed E-state index contributed by atoms with van der Waals surface area (Å²) >= 11 is 5.46. The number of benzene rings is 2. The molecule has 2 aromatic rings. The maximum Gasteiger partial charge on any atom is 0.269 e. The molecule has 6 nitrogen and oxygen atoms in total. The van der Waals surface area contributed by atoms with E-state index in [2.05, 4.69) is 0 Å². The van der Waals surface area contributed by atoms with Crippen molar-refractivity contribution in [2.45, 2.75) is 6.42 Å². The number of thiocarbonyl (C=S) groups is 1. The van der Waals surface area contributed by atoms with Crippen LogP contribution >= 0.6 is 12.2 Å². The Morgan fingerprint density at radius 3 is 2.57 bits per heavy atom. The van der Waals surface area contributed by atoms with E-state index in [1.54, 1.807) is 0 Å². The van der Waals surface area contributed by atoms with Gasteiger partial charge in [0.25, 0.3) is 5.69 Å². The first-order valence-corrected chi connectivity index (χ1v) is 7.41. The van der Waals surface area contributed by atoms with Crippen LogP contribution in [0.15, 0.2) is 48.5 Å². The zero-order valence-electron chi connectivity index (χ0n) is 12.1. The Bertz CT molecular complexity index is 776. The van der Waals surface area contributed by atoms with E-state index in [1.807, 2.05) is 29.2 Å². The predicted octanol–water partition coefficient (Wildman–Crippen LogP) is 2.91. The zero-order valence-corrected chi connectivity index (χ0v) is 12.9. The first kappa shape index (κ1) is 15.1. The van der Waals surface area contributed by atoms with Crippen molar-refractivity contribution >= 4 is 40.8 Å². The number of carbonyl (C=O) groups is 1. The van der Waals surface area contributed by atoms with E-state index in [9.17, 15) is 14.9 Å². The molecule has 0 saturated carbocycles. The fourth-order valence-corrected chi connectivity index (χ4v) is 2.96. The lowest BCUT2D eigenvalue weighted by Crippen LogP contribution is -2.41. The molecule has 1 aliphatic rings. The molecule has 7 heteroatoms. The van der Waals surface area contributed by atoms with Crippen LogP contribution < -0.4 is 9.80 Å². The molecule has 0 aliphatic carbocycles. The summed E-state index contributed by atoms with van der Waals surface area (Å²) in [6, 6.07) is 13.6. The third-order valence-corrected chi connectivity index (χ3v) is 4.19. The lowest BCUT2D eigenvalue weighted by atomic mass is 10.2. The average molecular weight is 327 g/mol. The van der Waals surface area contributed by atoms with E-state index in [0.29, 0.717) is 23.8 Å². The lowest BCUT2D eigenvalue weighted by Gasteiger charge is -2.27. The maximum atomic E-state index is 11.5. The highest BCUT2D eigenvalue weighted by Crippen LogP contribution is 2.29. The largest absolute Gasteiger partial charge is 0.318 e. The van der Waals surface area contributed by atoms with Gasteiger partial charge in [0.15, 0.2) is 5.11 Å². The number of nitro benzene ring substituents is 1. The van der Waals surface area contributed by atoms with Gasteiger partial charge in [-0.15, -0.1) is 0 Å². The fraction of sp³-hybridized carbons (Fsp3) is 0.125. The van der Waals surface area contributed by atoms with Crippen LogP contribution in [0, 0.1) is 10.1 Å². The van der Waals surface area contributed by atoms with Crippen LogP contribution in [-0.4, -0.2) is 23.0 Å². The van der Waals surface area contributed by atoms with Crippen molar-refractivity contribution in [1.29, 1.82) is 0 Å². The van der Waals surface area contributed by atoms with Crippen LogP contribution in [0.25, 0.3) is 0 Å². The molecule has 23 heavy (non-hydrogen) atoms. The quantitative estimate of drug-likeness (QED) is 0.375. The van der Waals surface area contributed by atoms with Crippen molar-refractivity contribution in [2.24, 2.45) is 0 Å². The summed E-state index contributed by atoms with van der Waals surface area (Å²) in [4.78, 5) is 25.0. The minimum Gasteiger partial charge on any atom is -0.318 e. The molecule has 0 N–H and O–H groups in total. The van der Waals surface area contributed by atoms with Gasteiger partial charge in [0.2, 0.25) is 6.41 Å². The van der Waals surface area contributed by atoms with E-state index in [-0.39, 0.29) is 5.69 Å². The highest BCUT2D eigenvalue weighted by molar-refractivity contribution is 7.80. The van der Waals surface area contributed by atoms with Crippen LogP contribution in [0.5, 0.6) is 0 Å². The van der Waals surface area contributed by atoms with Gasteiger partial charge in [-0.3, -0.25) is 19.8 Å².